The third-order valence-electron chi connectivity index (χ3n) is 3.04. The summed E-state index contributed by atoms with van der Waals surface area (Å²) in [5.74, 6) is 0.0134. The number of anilines is 2. The number of hydrogen-bond acceptors (Lipinski definition) is 4. The van der Waals surface area contributed by atoms with E-state index < -0.39 is 0 Å². The van der Waals surface area contributed by atoms with Crippen molar-refractivity contribution in [3.8, 4) is 0 Å². The lowest BCUT2D eigenvalue weighted by Crippen LogP contribution is -2.15. The lowest BCUT2D eigenvalue weighted by Gasteiger charge is -2.04. The lowest BCUT2D eigenvalue weighted by atomic mass is 10.2. The van der Waals surface area contributed by atoms with Crippen LogP contribution in [0.5, 0.6) is 0 Å². The van der Waals surface area contributed by atoms with E-state index in [-0.39, 0.29) is 5.91 Å². The summed E-state index contributed by atoms with van der Waals surface area (Å²) < 4.78 is 1.67. The Kier molecular flexibility index (Phi) is 2.83. The molecule has 6 heteroatoms. The number of amides is 1. The average Bonchev–Trinajstić information content (AvgIpc) is 2.79. The smallest absolute Gasteiger partial charge is 0.278 e. The molecule has 3 N–H and O–H groups in total. The zero-order chi connectivity index (χ0) is 14.1. The summed E-state index contributed by atoms with van der Waals surface area (Å²) in [5, 5.41) is 7.73. The summed E-state index contributed by atoms with van der Waals surface area (Å²) in [6.45, 7) is 0. The van der Waals surface area contributed by atoms with Crippen molar-refractivity contribution >= 4 is 28.3 Å². The van der Waals surface area contributed by atoms with Gasteiger partial charge in [-0.1, -0.05) is 18.2 Å². The Hall–Kier alpha value is -2.89. The highest BCUT2D eigenvalue weighted by Crippen LogP contribution is 2.20. The van der Waals surface area contributed by atoms with Crippen LogP contribution in [0.1, 0.15) is 10.5 Å². The standard InChI is InChI=1S/C14H13N5O/c1-19-11-7-3-2-5-9(11)12(18-19)14(20)17-13-10(15)6-4-8-16-13/h2-8H,15H2,1H3,(H,16,17,20). The third kappa shape index (κ3) is 1.97. The molecule has 1 amide bonds. The molecule has 2 aromatic heterocycles. The maximum absolute atomic E-state index is 12.3. The number of fused-ring (bicyclic) bond motifs is 1. The van der Waals surface area contributed by atoms with Gasteiger partial charge in [-0.2, -0.15) is 5.10 Å². The molecule has 0 aliphatic carbocycles. The number of benzene rings is 1. The molecule has 0 fully saturated rings. The second-order valence-electron chi connectivity index (χ2n) is 4.38. The number of carbonyl (C=O) groups excluding carboxylic acids is 1. The topological polar surface area (TPSA) is 85.8 Å². The molecule has 0 bridgehead atoms. The van der Waals surface area contributed by atoms with Crippen molar-refractivity contribution in [2.75, 3.05) is 11.1 Å². The number of aromatic nitrogens is 3. The van der Waals surface area contributed by atoms with Crippen LogP contribution in [0.4, 0.5) is 11.5 Å². The Morgan fingerprint density at radius 2 is 2.05 bits per heavy atom. The largest absolute Gasteiger partial charge is 0.396 e. The SMILES string of the molecule is Cn1nc(C(=O)Nc2ncccc2N)c2ccccc21. The number of pyridine rings is 1. The Labute approximate surface area is 115 Å². The molecule has 6 nitrogen and oxygen atoms in total. The first-order valence-electron chi connectivity index (χ1n) is 6.10. The minimum atomic E-state index is -0.327. The van der Waals surface area contributed by atoms with Crippen molar-refractivity contribution in [3.05, 3.63) is 48.3 Å². The van der Waals surface area contributed by atoms with Crippen LogP contribution in [0.15, 0.2) is 42.6 Å². The number of aryl methyl sites for hydroxylation is 1. The van der Waals surface area contributed by atoms with Crippen molar-refractivity contribution in [2.24, 2.45) is 7.05 Å². The fourth-order valence-corrected chi connectivity index (χ4v) is 2.07. The molecule has 20 heavy (non-hydrogen) atoms. The molecule has 3 rings (SSSR count). The van der Waals surface area contributed by atoms with Crippen LogP contribution in [-0.4, -0.2) is 20.7 Å². The monoisotopic (exact) mass is 267 g/mol. The third-order valence-corrected chi connectivity index (χ3v) is 3.04. The van der Waals surface area contributed by atoms with Crippen LogP contribution in [0.25, 0.3) is 10.9 Å². The molecule has 0 unspecified atom stereocenters. The number of para-hydroxylation sites is 1. The van der Waals surface area contributed by atoms with Crippen molar-refractivity contribution in [2.45, 2.75) is 0 Å². The van der Waals surface area contributed by atoms with E-state index in [2.05, 4.69) is 15.4 Å². The Morgan fingerprint density at radius 3 is 2.85 bits per heavy atom. The Balaban J connectivity index is 2.00. The molecular formula is C14H13N5O. The summed E-state index contributed by atoms with van der Waals surface area (Å²) in [6.07, 6.45) is 1.57. The van der Waals surface area contributed by atoms with Gasteiger partial charge in [-0.25, -0.2) is 4.98 Å². The first kappa shape index (κ1) is 12.2. The van der Waals surface area contributed by atoms with E-state index in [1.807, 2.05) is 24.3 Å². The molecule has 2 heterocycles. The summed E-state index contributed by atoms with van der Waals surface area (Å²) in [7, 11) is 1.80. The van der Waals surface area contributed by atoms with Crippen LogP contribution >= 0.6 is 0 Å². The minimum Gasteiger partial charge on any atom is -0.396 e. The van der Waals surface area contributed by atoms with Crippen LogP contribution in [0, 0.1) is 0 Å². The summed E-state index contributed by atoms with van der Waals surface area (Å²) in [6, 6.07) is 10.9. The molecule has 0 aliphatic heterocycles. The van der Waals surface area contributed by atoms with E-state index in [0.29, 0.717) is 17.2 Å². The highest BCUT2D eigenvalue weighted by Gasteiger charge is 2.16. The zero-order valence-corrected chi connectivity index (χ0v) is 10.9. The molecule has 0 atom stereocenters. The number of nitrogens with two attached hydrogens (primary N) is 1. The maximum Gasteiger partial charge on any atom is 0.278 e. The Morgan fingerprint density at radius 1 is 1.25 bits per heavy atom. The van der Waals surface area contributed by atoms with Crippen molar-refractivity contribution < 1.29 is 4.79 Å². The van der Waals surface area contributed by atoms with E-state index in [9.17, 15) is 4.79 Å². The molecule has 0 saturated carbocycles. The molecular weight excluding hydrogens is 254 g/mol. The van der Waals surface area contributed by atoms with Gasteiger partial charge >= 0.3 is 0 Å². The zero-order valence-electron chi connectivity index (χ0n) is 10.9. The van der Waals surface area contributed by atoms with Gasteiger partial charge in [0.25, 0.3) is 5.91 Å². The van der Waals surface area contributed by atoms with Gasteiger partial charge in [0.1, 0.15) is 0 Å². The highest BCUT2D eigenvalue weighted by molar-refractivity contribution is 6.11. The van der Waals surface area contributed by atoms with Gasteiger partial charge in [0.2, 0.25) is 0 Å². The number of carbonyl (C=O) groups is 1. The van der Waals surface area contributed by atoms with E-state index in [1.54, 1.807) is 30.1 Å². The average molecular weight is 267 g/mol. The summed E-state index contributed by atoms with van der Waals surface area (Å²) in [5.41, 5.74) is 7.43. The number of nitrogens with one attached hydrogen (secondary N) is 1. The van der Waals surface area contributed by atoms with Crippen LogP contribution in [0.2, 0.25) is 0 Å². The van der Waals surface area contributed by atoms with Gasteiger partial charge in [0, 0.05) is 18.6 Å². The molecule has 100 valence electrons. The van der Waals surface area contributed by atoms with Crippen LogP contribution in [0.3, 0.4) is 0 Å². The number of hydrogen-bond donors (Lipinski definition) is 2. The van der Waals surface area contributed by atoms with E-state index >= 15 is 0 Å². The molecule has 0 saturated heterocycles. The first-order chi connectivity index (χ1) is 9.66. The second-order valence-corrected chi connectivity index (χ2v) is 4.38. The quantitative estimate of drug-likeness (QED) is 0.741. The molecule has 0 radical (unpaired) electrons. The predicted octanol–water partition coefficient (Wildman–Crippen LogP) is 1.80. The van der Waals surface area contributed by atoms with Gasteiger partial charge in [-0.05, 0) is 18.2 Å². The Bertz CT molecular complexity index is 793. The first-order valence-corrected chi connectivity index (χ1v) is 6.10. The molecule has 0 spiro atoms. The minimum absolute atomic E-state index is 0.327. The molecule has 3 aromatic rings. The van der Waals surface area contributed by atoms with Gasteiger partial charge < -0.3 is 11.1 Å². The fourth-order valence-electron chi connectivity index (χ4n) is 2.07. The summed E-state index contributed by atoms with van der Waals surface area (Å²) in [4.78, 5) is 16.4. The van der Waals surface area contributed by atoms with Crippen molar-refractivity contribution in [1.82, 2.24) is 14.8 Å². The van der Waals surface area contributed by atoms with Gasteiger partial charge in [-0.3, -0.25) is 9.48 Å². The second kappa shape index (κ2) is 4.65. The number of rotatable bonds is 2. The van der Waals surface area contributed by atoms with E-state index in [1.165, 1.54) is 0 Å². The van der Waals surface area contributed by atoms with Crippen molar-refractivity contribution in [3.63, 3.8) is 0 Å². The van der Waals surface area contributed by atoms with Gasteiger partial charge in [0.05, 0.1) is 11.2 Å². The fraction of sp³-hybridized carbons (Fsp3) is 0.0714. The van der Waals surface area contributed by atoms with E-state index in [0.717, 1.165) is 10.9 Å². The number of nitrogen functional groups attached to an aromatic ring is 1. The highest BCUT2D eigenvalue weighted by atomic mass is 16.2. The maximum atomic E-state index is 12.3. The van der Waals surface area contributed by atoms with Crippen LogP contribution < -0.4 is 11.1 Å². The van der Waals surface area contributed by atoms with Crippen LogP contribution in [-0.2, 0) is 7.05 Å². The van der Waals surface area contributed by atoms with Gasteiger partial charge in [-0.15, -0.1) is 0 Å². The normalized spacial score (nSPS) is 10.7. The lowest BCUT2D eigenvalue weighted by molar-refractivity contribution is 0.102. The van der Waals surface area contributed by atoms with E-state index in [4.69, 9.17) is 5.73 Å². The molecule has 0 aliphatic rings. The van der Waals surface area contributed by atoms with Gasteiger partial charge in [0.15, 0.2) is 11.5 Å². The van der Waals surface area contributed by atoms with Crippen molar-refractivity contribution in [1.29, 1.82) is 0 Å². The summed E-state index contributed by atoms with van der Waals surface area (Å²) >= 11 is 0. The molecule has 1 aromatic carbocycles. The number of nitrogens with zero attached hydrogens (tertiary/aromatic N) is 3. The predicted molar refractivity (Wildman–Crippen MR) is 77.3 cm³/mol.